The highest BCUT2D eigenvalue weighted by atomic mass is 16.3. The van der Waals surface area contributed by atoms with Crippen LogP contribution in [0.15, 0.2) is 0 Å². The summed E-state index contributed by atoms with van der Waals surface area (Å²) in [4.78, 5) is 23.3. The highest BCUT2D eigenvalue weighted by Crippen LogP contribution is 2.49. The Morgan fingerprint density at radius 2 is 1.92 bits per heavy atom. The molecular weight excluding hydrogens is 168 g/mol. The van der Waals surface area contributed by atoms with Gasteiger partial charge >= 0.3 is 0 Å². The van der Waals surface area contributed by atoms with Crippen LogP contribution < -0.4 is 0 Å². The monoisotopic (exact) mass is 182 g/mol. The van der Waals surface area contributed by atoms with Crippen LogP contribution >= 0.6 is 0 Å². The normalized spacial score (nSPS) is 49.9. The van der Waals surface area contributed by atoms with Gasteiger partial charge in [0.15, 0.2) is 5.78 Å². The molecule has 3 heteroatoms. The van der Waals surface area contributed by atoms with E-state index in [9.17, 15) is 14.7 Å². The first-order chi connectivity index (χ1) is 5.88. The number of hydrogen-bond donors (Lipinski definition) is 1. The summed E-state index contributed by atoms with van der Waals surface area (Å²) < 4.78 is 0. The van der Waals surface area contributed by atoms with Crippen LogP contribution in [-0.2, 0) is 9.59 Å². The fourth-order valence-electron chi connectivity index (χ4n) is 2.47. The first-order valence-electron chi connectivity index (χ1n) is 4.68. The molecule has 2 bridgehead atoms. The average molecular weight is 182 g/mol. The van der Waals surface area contributed by atoms with Crippen molar-refractivity contribution in [3.05, 3.63) is 0 Å². The van der Waals surface area contributed by atoms with Gasteiger partial charge in [0.2, 0.25) is 0 Å². The molecule has 13 heavy (non-hydrogen) atoms. The van der Waals surface area contributed by atoms with E-state index in [-0.39, 0.29) is 18.0 Å². The molecule has 0 saturated heterocycles. The van der Waals surface area contributed by atoms with Crippen molar-refractivity contribution in [2.75, 3.05) is 0 Å². The van der Waals surface area contributed by atoms with E-state index in [1.165, 1.54) is 0 Å². The van der Waals surface area contributed by atoms with Crippen molar-refractivity contribution in [1.29, 1.82) is 0 Å². The quantitative estimate of drug-likeness (QED) is 0.561. The van der Waals surface area contributed by atoms with Gasteiger partial charge in [-0.1, -0.05) is 0 Å². The van der Waals surface area contributed by atoms with Crippen LogP contribution in [0.2, 0.25) is 0 Å². The topological polar surface area (TPSA) is 54.4 Å². The van der Waals surface area contributed by atoms with Gasteiger partial charge in [-0.3, -0.25) is 9.59 Å². The van der Waals surface area contributed by atoms with E-state index >= 15 is 0 Å². The summed E-state index contributed by atoms with van der Waals surface area (Å²) in [5, 5.41) is 9.89. The third-order valence-electron chi connectivity index (χ3n) is 3.75. The Morgan fingerprint density at radius 1 is 1.31 bits per heavy atom. The lowest BCUT2D eigenvalue weighted by Gasteiger charge is -2.36. The number of rotatable bonds is 0. The molecule has 3 atom stereocenters. The molecule has 0 aromatic heterocycles. The van der Waals surface area contributed by atoms with Crippen LogP contribution in [0.3, 0.4) is 0 Å². The number of hydrogen-bond acceptors (Lipinski definition) is 3. The molecule has 0 radical (unpaired) electrons. The van der Waals surface area contributed by atoms with Gasteiger partial charge in [-0.2, -0.15) is 0 Å². The predicted octanol–water partition coefficient (Wildman–Crippen LogP) is 0.696. The molecule has 0 aliphatic heterocycles. The molecule has 0 aromatic rings. The number of carbonyl (C=O) groups is 2. The van der Waals surface area contributed by atoms with E-state index in [4.69, 9.17) is 0 Å². The maximum absolute atomic E-state index is 11.8. The molecule has 0 spiro atoms. The minimum absolute atomic E-state index is 0.0141. The fraction of sp³-hybridized carbons (Fsp3) is 0.800. The second-order valence-electron chi connectivity index (χ2n) is 4.73. The summed E-state index contributed by atoms with van der Waals surface area (Å²) in [6, 6.07) is 0. The van der Waals surface area contributed by atoms with Crippen LogP contribution in [-0.4, -0.2) is 22.3 Å². The standard InChI is InChI=1S/C10H14O3/c1-9-3-4-10(2,13)6(8(9)12)5-7(9)11/h6,13H,3-5H2,1-2H3/t6-,9+,10+/m0/s1. The Bertz CT molecular complexity index is 293. The largest absolute Gasteiger partial charge is 0.389 e. The average Bonchev–Trinajstić information content (AvgIpc) is 2.21. The molecule has 0 heterocycles. The molecule has 2 aliphatic carbocycles. The van der Waals surface area contributed by atoms with Crippen molar-refractivity contribution in [2.45, 2.75) is 38.7 Å². The molecule has 0 unspecified atom stereocenters. The van der Waals surface area contributed by atoms with Gasteiger partial charge in [0.05, 0.1) is 16.9 Å². The Morgan fingerprint density at radius 3 is 2.46 bits per heavy atom. The van der Waals surface area contributed by atoms with Crippen molar-refractivity contribution >= 4 is 11.6 Å². The lowest BCUT2D eigenvalue weighted by molar-refractivity contribution is -0.144. The van der Waals surface area contributed by atoms with Gasteiger partial charge in [-0.25, -0.2) is 0 Å². The van der Waals surface area contributed by atoms with E-state index in [0.29, 0.717) is 12.8 Å². The van der Waals surface area contributed by atoms with Gasteiger partial charge in [0.25, 0.3) is 0 Å². The smallest absolute Gasteiger partial charge is 0.152 e. The number of aliphatic hydroxyl groups is 1. The molecule has 2 saturated carbocycles. The zero-order chi connectivity index (χ0) is 9.85. The van der Waals surface area contributed by atoms with Gasteiger partial charge in [0.1, 0.15) is 5.78 Å². The molecule has 1 N–H and O–H groups in total. The minimum Gasteiger partial charge on any atom is -0.389 e. The van der Waals surface area contributed by atoms with E-state index in [0.717, 1.165) is 0 Å². The van der Waals surface area contributed by atoms with Crippen molar-refractivity contribution in [3.8, 4) is 0 Å². The van der Waals surface area contributed by atoms with Crippen LogP contribution in [0, 0.1) is 11.3 Å². The highest BCUT2D eigenvalue weighted by Gasteiger charge is 2.60. The Hall–Kier alpha value is -0.700. The Labute approximate surface area is 77.1 Å². The molecule has 0 aromatic carbocycles. The summed E-state index contributed by atoms with van der Waals surface area (Å²) in [5.74, 6) is -0.479. The van der Waals surface area contributed by atoms with Gasteiger partial charge in [-0.15, -0.1) is 0 Å². The van der Waals surface area contributed by atoms with E-state index in [1.807, 2.05) is 0 Å². The number of fused-ring (bicyclic) bond motifs is 2. The van der Waals surface area contributed by atoms with Crippen molar-refractivity contribution in [3.63, 3.8) is 0 Å². The summed E-state index contributed by atoms with van der Waals surface area (Å²) in [6.07, 6.45) is 1.31. The lowest BCUT2D eigenvalue weighted by atomic mass is 9.69. The van der Waals surface area contributed by atoms with Gasteiger partial charge in [-0.05, 0) is 26.7 Å². The molecule has 2 fully saturated rings. The van der Waals surface area contributed by atoms with Gasteiger partial charge in [0, 0.05) is 6.42 Å². The SMILES string of the molecule is C[C@@]12CC[C@@](C)(O)[C@@H](CC1=O)C2=O. The lowest BCUT2D eigenvalue weighted by Crippen LogP contribution is -2.46. The molecule has 72 valence electrons. The van der Waals surface area contributed by atoms with E-state index in [1.54, 1.807) is 13.8 Å². The van der Waals surface area contributed by atoms with Crippen molar-refractivity contribution in [1.82, 2.24) is 0 Å². The summed E-state index contributed by atoms with van der Waals surface area (Å²) in [6.45, 7) is 3.38. The third kappa shape index (κ3) is 0.937. The summed E-state index contributed by atoms with van der Waals surface area (Å²) >= 11 is 0. The predicted molar refractivity (Wildman–Crippen MR) is 46.1 cm³/mol. The molecule has 0 amide bonds. The first kappa shape index (κ1) is 8.88. The zero-order valence-electron chi connectivity index (χ0n) is 7.96. The number of carbonyl (C=O) groups excluding carboxylic acids is 2. The Balaban J connectivity index is 2.44. The van der Waals surface area contributed by atoms with Crippen LogP contribution in [0.5, 0.6) is 0 Å². The zero-order valence-corrected chi connectivity index (χ0v) is 7.96. The molecule has 2 aliphatic rings. The second kappa shape index (κ2) is 2.21. The number of ketones is 2. The molecule has 3 nitrogen and oxygen atoms in total. The molecule has 2 rings (SSSR count). The van der Waals surface area contributed by atoms with E-state index < -0.39 is 16.9 Å². The third-order valence-corrected chi connectivity index (χ3v) is 3.75. The first-order valence-corrected chi connectivity index (χ1v) is 4.68. The maximum atomic E-state index is 11.8. The van der Waals surface area contributed by atoms with E-state index in [2.05, 4.69) is 0 Å². The second-order valence-corrected chi connectivity index (χ2v) is 4.73. The maximum Gasteiger partial charge on any atom is 0.152 e. The number of Topliss-reactive ketones (excluding diaryl/α,β-unsaturated/α-hetero) is 2. The van der Waals surface area contributed by atoms with Crippen LogP contribution in [0.4, 0.5) is 0 Å². The summed E-state index contributed by atoms with van der Waals surface area (Å²) in [7, 11) is 0. The summed E-state index contributed by atoms with van der Waals surface area (Å²) in [5.41, 5.74) is -1.73. The molecular formula is C10H14O3. The van der Waals surface area contributed by atoms with Crippen molar-refractivity contribution < 1.29 is 14.7 Å². The van der Waals surface area contributed by atoms with Gasteiger partial charge < -0.3 is 5.11 Å². The minimum atomic E-state index is -0.956. The van der Waals surface area contributed by atoms with Crippen LogP contribution in [0.25, 0.3) is 0 Å². The highest BCUT2D eigenvalue weighted by molar-refractivity contribution is 6.14. The van der Waals surface area contributed by atoms with Crippen LogP contribution in [0.1, 0.15) is 33.1 Å². The van der Waals surface area contributed by atoms with Crippen molar-refractivity contribution in [2.24, 2.45) is 11.3 Å². The Kier molecular flexibility index (Phi) is 1.51. The fourth-order valence-corrected chi connectivity index (χ4v) is 2.47.